The van der Waals surface area contributed by atoms with Crippen molar-refractivity contribution in [2.24, 2.45) is 0 Å². The van der Waals surface area contributed by atoms with Crippen LogP contribution >= 0.6 is 0 Å². The maximum Gasteiger partial charge on any atom is 0.319 e. The Morgan fingerprint density at radius 3 is 2.77 bits per heavy atom. The first kappa shape index (κ1) is 30.4. The molecule has 0 spiro atoms. The number of piperazine rings is 1. The number of halogens is 3. The van der Waals surface area contributed by atoms with Crippen molar-refractivity contribution in [1.82, 2.24) is 25.2 Å². The molecule has 248 valence electrons. The van der Waals surface area contributed by atoms with Gasteiger partial charge in [-0.2, -0.15) is 9.97 Å². The minimum absolute atomic E-state index is 0.00121. The number of aromatic hydroxyl groups is 1. The van der Waals surface area contributed by atoms with Crippen molar-refractivity contribution >= 4 is 27.5 Å². The van der Waals surface area contributed by atoms with Gasteiger partial charge in [-0.3, -0.25) is 4.90 Å². The molecular formula is C35H39F3N6O3. The topological polar surface area (TPSA) is 95.9 Å². The fourth-order valence-electron chi connectivity index (χ4n) is 8.34. The molecule has 4 aliphatic heterocycles. The number of phenolic OH excluding ortho intramolecular Hbond substituents is 1. The molecule has 3 saturated heterocycles. The fourth-order valence-corrected chi connectivity index (χ4v) is 8.34. The van der Waals surface area contributed by atoms with E-state index in [0.29, 0.717) is 60.0 Å². The van der Waals surface area contributed by atoms with Crippen molar-refractivity contribution in [1.29, 1.82) is 0 Å². The highest BCUT2D eigenvalue weighted by molar-refractivity contribution is 6.03. The number of alkyl halides is 1. The van der Waals surface area contributed by atoms with E-state index in [1.165, 1.54) is 18.2 Å². The Bertz CT molecular complexity index is 1890. The lowest BCUT2D eigenvalue weighted by atomic mass is 9.95. The normalized spacial score (nSPS) is 27.1. The number of nitrogens with one attached hydrogen (secondary N) is 1. The van der Waals surface area contributed by atoms with Crippen LogP contribution in [0.2, 0.25) is 0 Å². The zero-order valence-electron chi connectivity index (χ0n) is 26.8. The van der Waals surface area contributed by atoms with Crippen LogP contribution in [0.4, 0.5) is 19.0 Å². The second-order valence-electron chi connectivity index (χ2n) is 13.6. The van der Waals surface area contributed by atoms with Gasteiger partial charge in [0.15, 0.2) is 5.82 Å². The van der Waals surface area contributed by atoms with Crippen LogP contribution in [-0.2, 0) is 0 Å². The Kier molecular flexibility index (Phi) is 7.36. The van der Waals surface area contributed by atoms with Crippen LogP contribution in [-0.4, -0.2) is 87.6 Å². The molecule has 8 rings (SSSR count). The minimum Gasteiger partial charge on any atom is -0.508 e. The van der Waals surface area contributed by atoms with Gasteiger partial charge in [-0.25, -0.2) is 18.2 Å². The molecule has 4 aliphatic rings. The van der Waals surface area contributed by atoms with Crippen LogP contribution in [0.25, 0.3) is 32.9 Å². The van der Waals surface area contributed by atoms with Gasteiger partial charge in [-0.05, 0) is 73.7 Å². The third-order valence-corrected chi connectivity index (χ3v) is 10.8. The Labute approximate surface area is 271 Å². The lowest BCUT2D eigenvalue weighted by Crippen LogP contribution is -2.61. The summed E-state index contributed by atoms with van der Waals surface area (Å²) in [6.45, 7) is 8.41. The summed E-state index contributed by atoms with van der Waals surface area (Å²) >= 11 is 0. The second-order valence-corrected chi connectivity index (χ2v) is 13.6. The van der Waals surface area contributed by atoms with Crippen molar-refractivity contribution in [3.63, 3.8) is 0 Å². The fraction of sp³-hybridized carbons (Fsp3) is 0.514. The SMILES string of the molecule is CC[C@@H]1CN2c3nc(OC[C@@]45CCCN4C[C@H](F)C5)nc4c(F)c(-c5cc(O)cc6ccc(F)c(C)c56)nc(c34)O[C@@H](CC)[C@@H]2CN1. The predicted octanol–water partition coefficient (Wildman–Crippen LogP) is 5.82. The van der Waals surface area contributed by atoms with E-state index in [0.717, 1.165) is 25.8 Å². The quantitative estimate of drug-likeness (QED) is 0.268. The van der Waals surface area contributed by atoms with Crippen molar-refractivity contribution in [2.45, 2.75) is 82.8 Å². The second kappa shape index (κ2) is 11.4. The maximum atomic E-state index is 17.1. The zero-order valence-corrected chi connectivity index (χ0v) is 26.8. The number of anilines is 1. The van der Waals surface area contributed by atoms with Gasteiger partial charge in [-0.1, -0.05) is 19.9 Å². The molecule has 3 fully saturated rings. The molecule has 0 saturated carbocycles. The van der Waals surface area contributed by atoms with Crippen LogP contribution in [0.15, 0.2) is 24.3 Å². The highest BCUT2D eigenvalue weighted by Crippen LogP contribution is 2.45. The Balaban J connectivity index is 1.34. The minimum atomic E-state index is -0.921. The number of aryl methyl sites for hydroxylation is 1. The van der Waals surface area contributed by atoms with E-state index in [9.17, 15) is 13.9 Å². The molecule has 0 bridgehead atoms. The Hall–Kier alpha value is -3.90. The van der Waals surface area contributed by atoms with Gasteiger partial charge >= 0.3 is 6.01 Å². The van der Waals surface area contributed by atoms with Gasteiger partial charge < -0.3 is 24.8 Å². The van der Waals surface area contributed by atoms with Gasteiger partial charge in [0.05, 0.1) is 11.6 Å². The van der Waals surface area contributed by atoms with Gasteiger partial charge in [0, 0.05) is 37.7 Å². The van der Waals surface area contributed by atoms with E-state index >= 15 is 4.39 Å². The molecule has 5 atom stereocenters. The number of benzene rings is 2. The average molecular weight is 649 g/mol. The summed E-state index contributed by atoms with van der Waals surface area (Å²) in [6.07, 6.45) is 2.47. The molecule has 9 nitrogen and oxygen atoms in total. The molecule has 0 unspecified atom stereocenters. The molecule has 2 aromatic carbocycles. The predicted molar refractivity (Wildman–Crippen MR) is 173 cm³/mol. The van der Waals surface area contributed by atoms with Gasteiger partial charge in [0.25, 0.3) is 0 Å². The van der Waals surface area contributed by atoms with Gasteiger partial charge in [-0.15, -0.1) is 0 Å². The maximum absolute atomic E-state index is 17.1. The summed E-state index contributed by atoms with van der Waals surface area (Å²) in [6, 6.07) is 5.84. The number of ether oxygens (including phenoxy) is 2. The molecule has 12 heteroatoms. The Morgan fingerprint density at radius 1 is 1.11 bits per heavy atom. The van der Waals surface area contributed by atoms with Crippen LogP contribution in [0.5, 0.6) is 17.6 Å². The third kappa shape index (κ3) is 4.85. The first-order valence-corrected chi connectivity index (χ1v) is 16.7. The third-order valence-electron chi connectivity index (χ3n) is 10.8. The average Bonchev–Trinajstić information content (AvgIpc) is 3.55. The number of phenols is 1. The van der Waals surface area contributed by atoms with Crippen LogP contribution in [0.1, 0.15) is 51.5 Å². The Morgan fingerprint density at radius 2 is 1.96 bits per heavy atom. The van der Waals surface area contributed by atoms with Crippen molar-refractivity contribution < 1.29 is 27.8 Å². The standard InChI is InChI=1S/C35H39F3N6O3/c1-4-21-16-44-25(14-39-21)26(5-2)47-33-28-31(41-34(42-32(28)44)46-17-35-9-6-10-43(35)15-20(36)13-35)29(38)30(40-33)23-12-22(45)11-19-7-8-24(37)18(3)27(19)23/h7-8,11-12,20-21,25-26,39,45H,4-6,9-10,13-17H2,1-3H3/t20-,21-,25+,26+,35+/m1/s1. The van der Waals surface area contributed by atoms with Crippen LogP contribution in [0.3, 0.4) is 0 Å². The summed E-state index contributed by atoms with van der Waals surface area (Å²) in [5.74, 6) is -0.659. The lowest BCUT2D eigenvalue weighted by Gasteiger charge is -2.42. The summed E-state index contributed by atoms with van der Waals surface area (Å²) in [5.41, 5.74) is -0.0623. The number of hydrogen-bond donors (Lipinski definition) is 2. The molecular weight excluding hydrogens is 609 g/mol. The lowest BCUT2D eigenvalue weighted by molar-refractivity contribution is 0.107. The van der Waals surface area contributed by atoms with Crippen molar-refractivity contribution in [3.8, 4) is 28.9 Å². The number of rotatable bonds is 6. The molecule has 6 heterocycles. The van der Waals surface area contributed by atoms with E-state index in [4.69, 9.17) is 19.4 Å². The highest BCUT2D eigenvalue weighted by atomic mass is 19.1. The first-order valence-electron chi connectivity index (χ1n) is 16.7. The molecule has 0 amide bonds. The van der Waals surface area contributed by atoms with E-state index < -0.39 is 23.3 Å². The molecule has 0 aliphatic carbocycles. The van der Waals surface area contributed by atoms with Crippen molar-refractivity contribution in [3.05, 3.63) is 41.5 Å². The van der Waals surface area contributed by atoms with E-state index in [1.54, 1.807) is 13.0 Å². The largest absolute Gasteiger partial charge is 0.508 e. The summed E-state index contributed by atoms with van der Waals surface area (Å²) < 4.78 is 59.5. The smallest absolute Gasteiger partial charge is 0.319 e. The van der Waals surface area contributed by atoms with Gasteiger partial charge in [0.1, 0.15) is 52.9 Å². The highest BCUT2D eigenvalue weighted by Gasteiger charge is 2.49. The number of aromatic nitrogens is 3. The summed E-state index contributed by atoms with van der Waals surface area (Å²) in [4.78, 5) is 18.6. The first-order chi connectivity index (χ1) is 22.7. The number of pyridine rings is 1. The van der Waals surface area contributed by atoms with Crippen LogP contribution < -0.4 is 19.7 Å². The molecule has 4 aromatic rings. The van der Waals surface area contributed by atoms with E-state index in [-0.39, 0.29) is 59.2 Å². The van der Waals surface area contributed by atoms with E-state index in [2.05, 4.69) is 27.0 Å². The summed E-state index contributed by atoms with van der Waals surface area (Å²) in [5, 5.41) is 15.6. The molecule has 0 radical (unpaired) electrons. The number of fused-ring (bicyclic) bond motifs is 4. The van der Waals surface area contributed by atoms with E-state index in [1.807, 2.05) is 6.92 Å². The number of nitrogens with zero attached hydrogens (tertiary/aromatic N) is 5. The van der Waals surface area contributed by atoms with Crippen LogP contribution in [0, 0.1) is 18.6 Å². The zero-order chi connectivity index (χ0) is 32.6. The van der Waals surface area contributed by atoms with Gasteiger partial charge in [0.2, 0.25) is 5.88 Å². The molecule has 2 N–H and O–H groups in total. The number of hydrogen-bond acceptors (Lipinski definition) is 9. The molecule has 2 aromatic heterocycles. The molecule has 47 heavy (non-hydrogen) atoms. The van der Waals surface area contributed by atoms with Crippen molar-refractivity contribution in [2.75, 3.05) is 37.7 Å². The monoisotopic (exact) mass is 648 g/mol. The summed E-state index contributed by atoms with van der Waals surface area (Å²) in [7, 11) is 0.